The molecule has 11 aliphatic heterocycles. The molecule has 436 valence electrons. The molecule has 0 aliphatic carbocycles. The molecule has 21 nitrogen and oxygen atoms in total. The molecule has 0 aromatic heterocycles. The van der Waals surface area contributed by atoms with Gasteiger partial charge in [0.05, 0.1) is 61.8 Å². The van der Waals surface area contributed by atoms with Crippen LogP contribution in [0.1, 0.15) is 113 Å². The number of carbonyl (C=O) groups is 5. The Bertz CT molecular complexity index is 3200. The summed E-state index contributed by atoms with van der Waals surface area (Å²) >= 11 is 5.14. The van der Waals surface area contributed by atoms with Gasteiger partial charge in [-0.15, -0.1) is 11.8 Å². The van der Waals surface area contributed by atoms with Crippen LogP contribution in [0.3, 0.4) is 0 Å². The molecule has 1 spiro atoms. The fourth-order valence-electron chi connectivity index (χ4n) is 15.0. The number of carbonyl (C=O) groups excluding carboxylic acids is 5. The summed E-state index contributed by atoms with van der Waals surface area (Å²) in [6, 6.07) is 4.91. The van der Waals surface area contributed by atoms with E-state index < -0.39 is 58.9 Å². The molecule has 0 saturated carbocycles. The van der Waals surface area contributed by atoms with Crippen molar-refractivity contribution in [2.45, 2.75) is 154 Å². The van der Waals surface area contributed by atoms with Crippen molar-refractivity contribution in [3.8, 4) is 46.3 Å². The van der Waals surface area contributed by atoms with Crippen LogP contribution >= 0.6 is 35.3 Å². The third-order valence-electron chi connectivity index (χ3n) is 18.7. The molecule has 11 aliphatic rings. The zero-order chi connectivity index (χ0) is 56.9. The van der Waals surface area contributed by atoms with E-state index >= 15 is 4.79 Å². The summed E-state index contributed by atoms with van der Waals surface area (Å²) < 4.78 is 44.6. The number of amides is 4. The molecular formula is C58H68N8O13S3. The molecular weight excluding hydrogens is 1110 g/mol. The van der Waals surface area contributed by atoms with Crippen LogP contribution in [0.4, 0.5) is 9.59 Å². The number of urea groups is 2. The number of piperazine rings is 1. The van der Waals surface area contributed by atoms with Gasteiger partial charge in [0.2, 0.25) is 6.79 Å². The first-order valence-corrected chi connectivity index (χ1v) is 31.6. The Labute approximate surface area is 488 Å². The highest BCUT2D eigenvalue weighted by atomic mass is 32.2. The number of ether oxygens (including phenoxy) is 7. The van der Waals surface area contributed by atoms with Crippen LogP contribution in [0.2, 0.25) is 0 Å². The average Bonchev–Trinajstić information content (AvgIpc) is 1.25. The number of unbranched alkanes of at least 4 members (excludes halogenated alkanes) is 2. The monoisotopic (exact) mass is 1180 g/mol. The number of nitriles is 1. The number of benzene rings is 3. The van der Waals surface area contributed by atoms with E-state index in [1.54, 1.807) is 19.2 Å². The largest absolute Gasteiger partial charge is 0.504 e. The number of esters is 3. The van der Waals surface area contributed by atoms with E-state index in [2.05, 4.69) is 48.5 Å². The van der Waals surface area contributed by atoms with Gasteiger partial charge in [0.25, 0.3) is 0 Å². The number of phenols is 1. The number of methoxy groups -OCH3 is 2. The van der Waals surface area contributed by atoms with Crippen molar-refractivity contribution in [2.75, 3.05) is 58.5 Å². The van der Waals surface area contributed by atoms with Gasteiger partial charge in [0.1, 0.15) is 18.4 Å². The van der Waals surface area contributed by atoms with E-state index in [0.29, 0.717) is 83.2 Å². The number of phenolic OH excluding ortho intramolecular Hbond substituents is 1. The summed E-state index contributed by atoms with van der Waals surface area (Å²) in [6.45, 7) is 3.82. The maximum Gasteiger partial charge on any atom is 0.331 e. The third kappa shape index (κ3) is 9.12. The predicted molar refractivity (Wildman–Crippen MR) is 304 cm³/mol. The quantitative estimate of drug-likeness (QED) is 0.0495. The van der Waals surface area contributed by atoms with Gasteiger partial charge in [-0.2, -0.15) is 28.8 Å². The Morgan fingerprint density at radius 2 is 1.48 bits per heavy atom. The highest BCUT2D eigenvalue weighted by molar-refractivity contribution is 8.00. The lowest BCUT2D eigenvalue weighted by molar-refractivity contribution is -0.157. The molecule has 82 heavy (non-hydrogen) atoms. The number of hydrogen-bond donors (Lipinski definition) is 6. The summed E-state index contributed by atoms with van der Waals surface area (Å²) in [5, 5.41) is 38.2. The Morgan fingerprint density at radius 1 is 0.805 bits per heavy atom. The highest BCUT2D eigenvalue weighted by Gasteiger charge is 2.62. The second kappa shape index (κ2) is 21.9. The minimum absolute atomic E-state index is 0.0483. The number of aromatic hydroxyl groups is 1. The van der Waals surface area contributed by atoms with Gasteiger partial charge in [-0.25, -0.2) is 14.4 Å². The van der Waals surface area contributed by atoms with Crippen molar-refractivity contribution in [3.63, 3.8) is 0 Å². The van der Waals surface area contributed by atoms with Crippen LogP contribution in [0.15, 0.2) is 18.2 Å². The molecule has 6 saturated heterocycles. The van der Waals surface area contributed by atoms with Crippen molar-refractivity contribution in [1.29, 1.82) is 5.26 Å². The first-order chi connectivity index (χ1) is 39.7. The molecule has 14 rings (SSSR count). The number of rotatable bonds is 14. The first-order valence-electron chi connectivity index (χ1n) is 28.5. The number of fused-ring (bicyclic) bond motifs is 11. The topological polar surface area (TPSA) is 261 Å². The molecule has 3 aromatic rings. The molecule has 11 heterocycles. The summed E-state index contributed by atoms with van der Waals surface area (Å²) in [5.74, 6) is 2.39. The van der Waals surface area contributed by atoms with Crippen LogP contribution in [0.5, 0.6) is 40.2 Å². The molecule has 4 amide bonds. The zero-order valence-electron chi connectivity index (χ0n) is 46.4. The van der Waals surface area contributed by atoms with Crippen LogP contribution in [-0.2, 0) is 37.5 Å². The maximum absolute atomic E-state index is 15.3. The van der Waals surface area contributed by atoms with Crippen LogP contribution in [0.25, 0.3) is 0 Å². The normalized spacial score (nSPS) is 31.6. The molecule has 24 heteroatoms. The number of nitrogens with one attached hydrogen (secondary N) is 5. The van der Waals surface area contributed by atoms with Crippen LogP contribution in [-0.4, -0.2) is 156 Å². The van der Waals surface area contributed by atoms with Crippen molar-refractivity contribution in [2.24, 2.45) is 0 Å². The van der Waals surface area contributed by atoms with E-state index in [-0.39, 0.29) is 90.2 Å². The average molecular weight is 1180 g/mol. The SMILES string of the molecule is COc1cc2c(cc1O)CCN[C@]21CS[C@@H]2c3c(OC(=O)CCCC[C@@H]4SCC5NC(=O)NC54)c(C)c4c(c3[C@@H](COC1=O)N1C2[C@H]2c3c(cc(C)c(OC)c3OC(=O)CCCC[C@@H]3SCC5NC(=O)NC53)C[C@@H]([C@@H]1C#N)N2C)OCO4. The minimum Gasteiger partial charge on any atom is -0.504 e. The first kappa shape index (κ1) is 55.2. The van der Waals surface area contributed by atoms with Gasteiger partial charge in [-0.3, -0.25) is 24.7 Å². The third-order valence-corrected chi connectivity index (χ3v) is 23.2. The summed E-state index contributed by atoms with van der Waals surface area (Å²) in [4.78, 5) is 72.9. The number of thioether (sulfide) groups is 3. The number of hydrogen-bond acceptors (Lipinski definition) is 20. The van der Waals surface area contributed by atoms with Crippen molar-refractivity contribution in [1.82, 2.24) is 36.4 Å². The van der Waals surface area contributed by atoms with Gasteiger partial charge in [0, 0.05) is 81.5 Å². The fraction of sp³-hybridized carbons (Fsp3) is 0.586. The Morgan fingerprint density at radius 3 is 2.13 bits per heavy atom. The molecule has 6 fully saturated rings. The lowest BCUT2D eigenvalue weighted by Crippen LogP contribution is -2.69. The minimum atomic E-state index is -1.46. The Balaban J connectivity index is 0.900. The number of nitrogens with zero attached hydrogens (tertiary/aromatic N) is 3. The van der Waals surface area contributed by atoms with Crippen LogP contribution in [0, 0.1) is 25.2 Å². The number of aryl methyl sites for hydroxylation is 1. The second-order valence-corrected chi connectivity index (χ2v) is 26.8. The maximum atomic E-state index is 15.3. The van der Waals surface area contributed by atoms with Gasteiger partial charge in [-0.1, -0.05) is 18.9 Å². The molecule has 13 atom stereocenters. The summed E-state index contributed by atoms with van der Waals surface area (Å²) in [7, 11) is 5.04. The highest BCUT2D eigenvalue weighted by Crippen LogP contribution is 2.65. The van der Waals surface area contributed by atoms with Crippen LogP contribution < -0.4 is 55.0 Å². The van der Waals surface area contributed by atoms with E-state index in [1.165, 1.54) is 18.9 Å². The van der Waals surface area contributed by atoms with Gasteiger partial charge >= 0.3 is 30.0 Å². The van der Waals surface area contributed by atoms with Gasteiger partial charge in [0.15, 0.2) is 40.0 Å². The van der Waals surface area contributed by atoms with E-state index in [0.717, 1.165) is 59.4 Å². The molecule has 5 unspecified atom stereocenters. The zero-order valence-corrected chi connectivity index (χ0v) is 48.8. The summed E-state index contributed by atoms with van der Waals surface area (Å²) in [5.41, 5.74) is 4.16. The van der Waals surface area contributed by atoms with Crippen molar-refractivity contribution in [3.05, 3.63) is 62.7 Å². The Kier molecular flexibility index (Phi) is 14.8. The van der Waals surface area contributed by atoms with Gasteiger partial charge in [-0.05, 0) is 93.8 Å². The predicted octanol–water partition coefficient (Wildman–Crippen LogP) is 5.62. The molecule has 4 bridgehead atoms. The summed E-state index contributed by atoms with van der Waals surface area (Å²) in [6.07, 6.45) is 5.49. The van der Waals surface area contributed by atoms with E-state index in [9.17, 15) is 29.5 Å². The lowest BCUT2D eigenvalue weighted by atomic mass is 9.71. The standard InChI is InChI=1S/C58H68N8O13S3/c1-26-16-29-17-33-34(20-59)66-35-21-75-55(70)58(30-19-37(73-4)36(67)18-28(30)14-15-60-58)24-82-54(44-43(35)52-51(76-25-77-52)27(2)50(44)78-40(68)12-8-6-10-38-45-31(22-80-38)61-56(71)63-45)48(66)47(65(33)3)42(29)53(49(26)74-5)79-41(69)13-9-7-11-39-46-32(23-81-39)62-57(72)64-46/h16,18-19,31-35,38-39,45-48,54,60,67H,6-15,17,21-25H2,1-5H3,(H2,61,63,71)(H2,62,64,72)/t31?,32?,33-,34-,35+,38-,39-,45?,46?,47+,48?,54+,58+/m0/s1. The van der Waals surface area contributed by atoms with Crippen molar-refractivity contribution >= 4 is 65.3 Å². The lowest BCUT2D eigenvalue weighted by Gasteiger charge is -2.62. The van der Waals surface area contributed by atoms with E-state index in [1.807, 2.05) is 44.4 Å². The number of likely N-dealkylation sites (N-methyl/N-ethyl adjacent to an activating group) is 1. The second-order valence-electron chi connectivity index (χ2n) is 23.2. The van der Waals surface area contributed by atoms with E-state index in [4.69, 9.17) is 33.2 Å². The van der Waals surface area contributed by atoms with Gasteiger partial charge < -0.3 is 59.5 Å². The molecule has 0 radical (unpaired) electrons. The Hall–Kier alpha value is -5.97. The fourth-order valence-corrected chi connectivity index (χ4v) is 19.7. The van der Waals surface area contributed by atoms with Crippen molar-refractivity contribution < 1.29 is 62.2 Å². The molecule has 3 aromatic carbocycles. The molecule has 6 N–H and O–H groups in total. The smallest absolute Gasteiger partial charge is 0.331 e.